The molecule has 0 bridgehead atoms. The molecule has 4 heterocycles. The largest absolute Gasteiger partial charge is 0.493 e. The third-order valence-electron chi connectivity index (χ3n) is 12.4. The number of benzene rings is 4. The average molecular weight is 951 g/mol. The van der Waals surface area contributed by atoms with Crippen LogP contribution < -0.4 is 25.4 Å². The zero-order valence-electron chi connectivity index (χ0n) is 40.5. The Hall–Kier alpha value is -6.74. The molecule has 2 aromatic heterocycles. The molecule has 3 N–H and O–H groups in total. The highest BCUT2D eigenvalue weighted by atomic mass is 32.1. The Labute approximate surface area is 409 Å². The van der Waals surface area contributed by atoms with Gasteiger partial charge in [-0.2, -0.15) is 0 Å². The number of aryl methyl sites for hydroxylation is 1. The first-order valence-electron chi connectivity index (χ1n) is 23.4. The molecule has 0 spiro atoms. The van der Waals surface area contributed by atoms with Gasteiger partial charge in [-0.15, -0.1) is 11.3 Å². The number of pyridine rings is 1. The summed E-state index contributed by atoms with van der Waals surface area (Å²) in [5.74, 6) is 0.755. The number of carbonyl (C=O) groups is 4. The quantitative estimate of drug-likeness (QED) is 0.0630. The topological polar surface area (TPSA) is 161 Å². The van der Waals surface area contributed by atoms with E-state index in [-0.39, 0.29) is 41.6 Å². The molecule has 2 aliphatic rings. The predicted octanol–water partition coefficient (Wildman–Crippen LogP) is 9.49. The molecule has 0 aliphatic carbocycles. The van der Waals surface area contributed by atoms with E-state index in [1.165, 1.54) is 22.9 Å². The van der Waals surface area contributed by atoms with Gasteiger partial charge in [-0.05, 0) is 90.7 Å². The number of nitrogens with zero attached hydrogens (tertiary/aromatic N) is 3. The number of carbonyl (C=O) groups excluding carboxylic acids is 4. The second kappa shape index (κ2) is 23.0. The Kier molecular flexibility index (Phi) is 16.7. The molecule has 3 atom stereocenters. The molecule has 3 unspecified atom stereocenters. The first kappa shape index (κ1) is 50.1. The number of hydrogen-bond acceptors (Lipinski definition) is 11. The molecule has 360 valence electrons. The number of para-hydroxylation sites is 1. The summed E-state index contributed by atoms with van der Waals surface area (Å²) in [6.07, 6.45) is 3.39. The molecule has 8 rings (SSSR count). The van der Waals surface area contributed by atoms with E-state index in [0.717, 1.165) is 69.7 Å². The van der Waals surface area contributed by atoms with Crippen molar-refractivity contribution in [2.45, 2.75) is 78.4 Å². The molecule has 0 saturated carbocycles. The lowest BCUT2D eigenvalue weighted by atomic mass is 9.85. The van der Waals surface area contributed by atoms with Crippen LogP contribution in [0.15, 0.2) is 109 Å². The molecule has 6 aromatic rings. The standard InChI is InChI=1S/C42H40N4O4S.C13H22N2O3/c1-27-42(51-26-44-27)30-15-13-29(14-16-30)35(43-2)19-20-49-21-22-50-39-23-31(17-18-38(39)48-3)33-24-37(28-9-5-4-6-10-28)46-41-32-11-7-8-12-36(32)45-40(47)25-34(33)41;1-9(17)14-11(13(2,3)4)12(18)15-7-5-6-10(15)8-16/h4-18,23-24,26,35,43H,19-22,25H2,1-3H3,(H,45,47);8,10-11H,5-7H2,1-4H3,(H,14,17). The molecule has 4 aromatic carbocycles. The van der Waals surface area contributed by atoms with Crippen LogP contribution in [0.25, 0.3) is 44.1 Å². The van der Waals surface area contributed by atoms with E-state index >= 15 is 0 Å². The van der Waals surface area contributed by atoms with Gasteiger partial charge in [0.2, 0.25) is 17.7 Å². The van der Waals surface area contributed by atoms with Crippen LogP contribution in [-0.2, 0) is 30.3 Å². The molecule has 14 heteroatoms. The summed E-state index contributed by atoms with van der Waals surface area (Å²) in [5, 5.41) is 9.18. The highest BCUT2D eigenvalue weighted by molar-refractivity contribution is 7.13. The molecular weight excluding hydrogens is 889 g/mol. The number of amides is 3. The Bertz CT molecular complexity index is 2740. The number of aldehydes is 1. The summed E-state index contributed by atoms with van der Waals surface area (Å²) < 4.78 is 18.0. The molecule has 69 heavy (non-hydrogen) atoms. The molecular formula is C55H62N6O7S. The monoisotopic (exact) mass is 950 g/mol. The van der Waals surface area contributed by atoms with Crippen molar-refractivity contribution in [3.05, 3.63) is 125 Å². The molecule has 1 fully saturated rings. The van der Waals surface area contributed by atoms with Gasteiger partial charge in [-0.3, -0.25) is 14.4 Å². The van der Waals surface area contributed by atoms with Crippen molar-refractivity contribution in [1.82, 2.24) is 25.5 Å². The van der Waals surface area contributed by atoms with Gasteiger partial charge < -0.3 is 39.9 Å². The fraction of sp³-hybridized carbons (Fsp3) is 0.345. The second-order valence-corrected chi connectivity index (χ2v) is 19.1. The number of ether oxygens (including phenoxy) is 3. The highest BCUT2D eigenvalue weighted by Gasteiger charge is 2.39. The van der Waals surface area contributed by atoms with Gasteiger partial charge in [-0.1, -0.05) is 99.6 Å². The summed E-state index contributed by atoms with van der Waals surface area (Å²) in [6.45, 7) is 11.1. The Morgan fingerprint density at radius 1 is 0.913 bits per heavy atom. The molecule has 2 aliphatic heterocycles. The first-order valence-corrected chi connectivity index (χ1v) is 24.3. The van der Waals surface area contributed by atoms with Crippen LogP contribution in [0, 0.1) is 12.3 Å². The summed E-state index contributed by atoms with van der Waals surface area (Å²) in [6, 6.07) is 33.8. The van der Waals surface area contributed by atoms with E-state index in [9.17, 15) is 19.2 Å². The fourth-order valence-electron chi connectivity index (χ4n) is 8.76. The van der Waals surface area contributed by atoms with Crippen molar-refractivity contribution in [2.24, 2.45) is 5.41 Å². The van der Waals surface area contributed by atoms with Gasteiger partial charge in [0.15, 0.2) is 11.5 Å². The van der Waals surface area contributed by atoms with Crippen LogP contribution in [-0.4, -0.2) is 91.5 Å². The lowest BCUT2D eigenvalue weighted by molar-refractivity contribution is -0.141. The third kappa shape index (κ3) is 12.3. The van der Waals surface area contributed by atoms with Crippen molar-refractivity contribution in [2.75, 3.05) is 45.8 Å². The minimum atomic E-state index is -0.587. The Balaban J connectivity index is 0.000000330. The van der Waals surface area contributed by atoms with Crippen LogP contribution in [0.5, 0.6) is 11.5 Å². The number of methoxy groups -OCH3 is 1. The minimum absolute atomic E-state index is 0.0811. The van der Waals surface area contributed by atoms with Crippen molar-refractivity contribution < 1.29 is 33.4 Å². The summed E-state index contributed by atoms with van der Waals surface area (Å²) in [5.41, 5.74) is 11.9. The normalized spacial score (nSPS) is 15.0. The number of anilines is 1. The number of likely N-dealkylation sites (tertiary alicyclic amines) is 1. The van der Waals surface area contributed by atoms with E-state index < -0.39 is 6.04 Å². The Morgan fingerprint density at radius 3 is 2.33 bits per heavy atom. The van der Waals surface area contributed by atoms with E-state index in [4.69, 9.17) is 19.2 Å². The van der Waals surface area contributed by atoms with Crippen LogP contribution >= 0.6 is 11.3 Å². The van der Waals surface area contributed by atoms with Crippen LogP contribution in [0.2, 0.25) is 0 Å². The van der Waals surface area contributed by atoms with Crippen molar-refractivity contribution in [3.63, 3.8) is 0 Å². The lowest BCUT2D eigenvalue weighted by Crippen LogP contribution is -2.55. The summed E-state index contributed by atoms with van der Waals surface area (Å²) >= 11 is 1.66. The smallest absolute Gasteiger partial charge is 0.246 e. The van der Waals surface area contributed by atoms with E-state index in [0.29, 0.717) is 44.3 Å². The minimum Gasteiger partial charge on any atom is -0.493 e. The molecule has 13 nitrogen and oxygen atoms in total. The molecule has 3 amide bonds. The van der Waals surface area contributed by atoms with Gasteiger partial charge in [-0.25, -0.2) is 9.97 Å². The fourth-order valence-corrected chi connectivity index (χ4v) is 9.57. The Morgan fingerprint density at radius 2 is 1.65 bits per heavy atom. The van der Waals surface area contributed by atoms with Crippen LogP contribution in [0.3, 0.4) is 0 Å². The number of fused-ring (bicyclic) bond motifs is 3. The third-order valence-corrected chi connectivity index (χ3v) is 13.3. The van der Waals surface area contributed by atoms with Gasteiger partial charge in [0.05, 0.1) is 59.3 Å². The number of nitrogens with one attached hydrogen (secondary N) is 3. The van der Waals surface area contributed by atoms with Gasteiger partial charge in [0, 0.05) is 37.2 Å². The maximum absolute atomic E-state index is 13.1. The number of thiazole rings is 1. The average Bonchev–Trinajstić information content (AvgIpc) is 3.99. The van der Waals surface area contributed by atoms with Crippen molar-refractivity contribution in [1.29, 1.82) is 0 Å². The number of hydrogen-bond donors (Lipinski definition) is 3. The van der Waals surface area contributed by atoms with E-state index in [2.05, 4.69) is 51.3 Å². The van der Waals surface area contributed by atoms with Gasteiger partial charge >= 0.3 is 0 Å². The highest BCUT2D eigenvalue weighted by Crippen LogP contribution is 2.42. The molecule has 0 radical (unpaired) electrons. The van der Waals surface area contributed by atoms with Gasteiger partial charge in [0.25, 0.3) is 0 Å². The zero-order chi connectivity index (χ0) is 49.1. The van der Waals surface area contributed by atoms with E-state index in [1.807, 2.05) is 113 Å². The number of rotatable bonds is 16. The summed E-state index contributed by atoms with van der Waals surface area (Å²) in [4.78, 5) is 60.0. The van der Waals surface area contributed by atoms with Crippen molar-refractivity contribution in [3.8, 4) is 55.6 Å². The van der Waals surface area contributed by atoms with Crippen molar-refractivity contribution >= 4 is 41.0 Å². The van der Waals surface area contributed by atoms with Crippen LogP contribution in [0.1, 0.15) is 69.8 Å². The SMILES string of the molecule is CC(=O)NC(C(=O)N1CCCC1C=O)C(C)(C)C.CNC(CCOCCOc1cc(-c2cc(-c3ccccc3)nc3c2CC(=O)Nc2ccccc2-3)ccc1OC)c1ccc(-c2scnc2C)cc1. The van der Waals surface area contributed by atoms with Crippen LogP contribution in [0.4, 0.5) is 5.69 Å². The maximum atomic E-state index is 13.1. The zero-order valence-corrected chi connectivity index (χ0v) is 41.3. The van der Waals surface area contributed by atoms with Gasteiger partial charge in [0.1, 0.15) is 18.9 Å². The molecule has 1 saturated heterocycles. The second-order valence-electron chi connectivity index (χ2n) is 18.2. The first-order chi connectivity index (χ1) is 33.3. The lowest BCUT2D eigenvalue weighted by Gasteiger charge is -2.34. The maximum Gasteiger partial charge on any atom is 0.246 e. The van der Waals surface area contributed by atoms with E-state index in [1.54, 1.807) is 23.3 Å². The number of aromatic nitrogens is 2. The summed E-state index contributed by atoms with van der Waals surface area (Å²) in [7, 11) is 3.61. The predicted molar refractivity (Wildman–Crippen MR) is 272 cm³/mol.